The van der Waals surface area contributed by atoms with E-state index in [2.05, 4.69) is 47.1 Å². The maximum Gasteiger partial charge on any atom is 0.0450 e. The highest BCUT2D eigenvalue weighted by molar-refractivity contribution is 9.09. The van der Waals surface area contributed by atoms with Crippen LogP contribution in [-0.2, 0) is 6.42 Å². The van der Waals surface area contributed by atoms with Crippen molar-refractivity contribution in [1.29, 1.82) is 0 Å². The number of rotatable bonds is 3. The maximum atomic E-state index is 6.19. The molecule has 0 N–H and O–H groups in total. The first kappa shape index (κ1) is 13.9. The second kappa shape index (κ2) is 6.10. The summed E-state index contributed by atoms with van der Waals surface area (Å²) in [7, 11) is 0. The zero-order valence-corrected chi connectivity index (χ0v) is 13.1. The first-order valence-corrected chi connectivity index (χ1v) is 7.38. The number of hydrogen-bond acceptors (Lipinski definition) is 0. The van der Waals surface area contributed by atoms with Crippen molar-refractivity contribution < 1.29 is 0 Å². The molecule has 3 heteroatoms. The van der Waals surface area contributed by atoms with Gasteiger partial charge in [0.25, 0.3) is 0 Å². The Kier molecular flexibility index (Phi) is 4.71. The Hall–Kier alpha value is -0.500. The van der Waals surface area contributed by atoms with E-state index in [0.29, 0.717) is 5.02 Å². The van der Waals surface area contributed by atoms with Gasteiger partial charge in [-0.1, -0.05) is 69.0 Å². The van der Waals surface area contributed by atoms with Gasteiger partial charge < -0.3 is 0 Å². The van der Waals surface area contributed by atoms with Gasteiger partial charge in [-0.2, -0.15) is 0 Å². The van der Waals surface area contributed by atoms with Crippen LogP contribution in [0.4, 0.5) is 0 Å². The lowest BCUT2D eigenvalue weighted by Gasteiger charge is -2.12. The summed E-state index contributed by atoms with van der Waals surface area (Å²) >= 11 is 15.9. The zero-order chi connectivity index (χ0) is 13.1. The summed E-state index contributed by atoms with van der Waals surface area (Å²) in [5, 5.41) is 1.45. The van der Waals surface area contributed by atoms with Crippen molar-refractivity contribution in [1.82, 2.24) is 0 Å². The molecule has 1 unspecified atom stereocenters. The van der Waals surface area contributed by atoms with E-state index in [1.807, 2.05) is 12.1 Å². The van der Waals surface area contributed by atoms with E-state index in [4.69, 9.17) is 23.2 Å². The molecule has 0 aliphatic rings. The van der Waals surface area contributed by atoms with E-state index >= 15 is 0 Å². The lowest BCUT2D eigenvalue weighted by atomic mass is 10.0. The SMILES string of the molecule is Cc1ccc(CC(Br)c2cc(Cl)ccc2Cl)cc1. The standard InChI is InChI=1S/C15H13BrCl2/c1-10-2-4-11(5-3-10)8-14(16)13-9-12(17)6-7-15(13)18/h2-7,9,14H,8H2,1H3. The number of alkyl halides is 1. The topological polar surface area (TPSA) is 0 Å². The number of hydrogen-bond donors (Lipinski definition) is 0. The first-order valence-electron chi connectivity index (χ1n) is 5.71. The van der Waals surface area contributed by atoms with Crippen LogP contribution in [0.2, 0.25) is 10.0 Å². The van der Waals surface area contributed by atoms with Gasteiger partial charge in [-0.3, -0.25) is 0 Å². The van der Waals surface area contributed by atoms with Crippen LogP contribution in [0, 0.1) is 6.92 Å². The summed E-state index contributed by atoms with van der Waals surface area (Å²) in [6.45, 7) is 2.09. The van der Waals surface area contributed by atoms with Gasteiger partial charge in [0.2, 0.25) is 0 Å². The van der Waals surface area contributed by atoms with Crippen molar-refractivity contribution >= 4 is 39.1 Å². The molecule has 0 aliphatic heterocycles. The summed E-state index contributed by atoms with van der Waals surface area (Å²) in [5.41, 5.74) is 3.58. The normalized spacial score (nSPS) is 12.4. The summed E-state index contributed by atoms with van der Waals surface area (Å²) < 4.78 is 0. The summed E-state index contributed by atoms with van der Waals surface area (Å²) in [4.78, 5) is 0.173. The Morgan fingerprint density at radius 3 is 2.39 bits per heavy atom. The lowest BCUT2D eigenvalue weighted by molar-refractivity contribution is 0.948. The van der Waals surface area contributed by atoms with Crippen LogP contribution >= 0.6 is 39.1 Å². The minimum Gasteiger partial charge on any atom is -0.0843 e. The first-order chi connectivity index (χ1) is 8.56. The van der Waals surface area contributed by atoms with E-state index in [9.17, 15) is 0 Å². The van der Waals surface area contributed by atoms with Crippen LogP contribution in [0.1, 0.15) is 21.5 Å². The molecule has 0 amide bonds. The van der Waals surface area contributed by atoms with Gasteiger partial charge in [0.15, 0.2) is 0 Å². The van der Waals surface area contributed by atoms with Crippen LogP contribution in [0.25, 0.3) is 0 Å². The molecule has 0 heterocycles. The van der Waals surface area contributed by atoms with Crippen molar-refractivity contribution in [2.75, 3.05) is 0 Å². The smallest absolute Gasteiger partial charge is 0.0450 e. The van der Waals surface area contributed by atoms with E-state index in [0.717, 1.165) is 17.0 Å². The van der Waals surface area contributed by atoms with Gasteiger partial charge in [0.05, 0.1) is 0 Å². The summed E-state index contributed by atoms with van der Waals surface area (Å²) in [5.74, 6) is 0. The molecular weight excluding hydrogens is 331 g/mol. The van der Waals surface area contributed by atoms with Gasteiger partial charge in [-0.05, 0) is 42.7 Å². The maximum absolute atomic E-state index is 6.19. The molecule has 0 bridgehead atoms. The van der Waals surface area contributed by atoms with Gasteiger partial charge in [-0.25, -0.2) is 0 Å². The lowest BCUT2D eigenvalue weighted by Crippen LogP contribution is -1.96. The molecule has 0 spiro atoms. The van der Waals surface area contributed by atoms with E-state index in [-0.39, 0.29) is 4.83 Å². The Bertz CT molecular complexity index is 535. The van der Waals surface area contributed by atoms with Crippen molar-refractivity contribution in [2.24, 2.45) is 0 Å². The molecule has 18 heavy (non-hydrogen) atoms. The predicted molar refractivity (Wildman–Crippen MR) is 83.0 cm³/mol. The molecule has 1 atom stereocenters. The van der Waals surface area contributed by atoms with Crippen LogP contribution in [0.5, 0.6) is 0 Å². The highest BCUT2D eigenvalue weighted by Gasteiger charge is 2.12. The van der Waals surface area contributed by atoms with Crippen LogP contribution in [0.3, 0.4) is 0 Å². The molecule has 2 rings (SSSR count). The fourth-order valence-corrected chi connectivity index (χ4v) is 3.11. The third-order valence-electron chi connectivity index (χ3n) is 2.83. The summed E-state index contributed by atoms with van der Waals surface area (Å²) in [6.07, 6.45) is 0.889. The van der Waals surface area contributed by atoms with Gasteiger partial charge in [0, 0.05) is 14.9 Å². The fourth-order valence-electron chi connectivity index (χ4n) is 1.80. The fraction of sp³-hybridized carbons (Fsp3) is 0.200. The second-order valence-electron chi connectivity index (χ2n) is 4.32. The van der Waals surface area contributed by atoms with Crippen LogP contribution in [0.15, 0.2) is 42.5 Å². The highest BCUT2D eigenvalue weighted by atomic mass is 79.9. The number of halogens is 3. The molecule has 0 aromatic heterocycles. The van der Waals surface area contributed by atoms with Crippen LogP contribution in [-0.4, -0.2) is 0 Å². The Morgan fingerprint density at radius 2 is 1.72 bits per heavy atom. The highest BCUT2D eigenvalue weighted by Crippen LogP contribution is 2.34. The second-order valence-corrected chi connectivity index (χ2v) is 6.27. The molecule has 94 valence electrons. The Balaban J connectivity index is 2.18. The van der Waals surface area contributed by atoms with E-state index < -0.39 is 0 Å². The van der Waals surface area contributed by atoms with Gasteiger partial charge in [0.1, 0.15) is 0 Å². The van der Waals surface area contributed by atoms with Crippen molar-refractivity contribution in [2.45, 2.75) is 18.2 Å². The van der Waals surface area contributed by atoms with Gasteiger partial charge in [-0.15, -0.1) is 0 Å². The molecule has 0 radical (unpaired) electrons. The minimum atomic E-state index is 0.173. The molecule has 0 saturated carbocycles. The molecule has 0 saturated heterocycles. The number of benzene rings is 2. The van der Waals surface area contributed by atoms with Crippen molar-refractivity contribution in [3.8, 4) is 0 Å². The van der Waals surface area contributed by atoms with Crippen LogP contribution < -0.4 is 0 Å². The largest absolute Gasteiger partial charge is 0.0843 e. The van der Waals surface area contributed by atoms with Crippen molar-refractivity contribution in [3.63, 3.8) is 0 Å². The van der Waals surface area contributed by atoms with Gasteiger partial charge >= 0.3 is 0 Å². The molecule has 2 aromatic carbocycles. The zero-order valence-electron chi connectivity index (χ0n) is 9.96. The average Bonchev–Trinajstić information content (AvgIpc) is 2.35. The van der Waals surface area contributed by atoms with E-state index in [1.54, 1.807) is 6.07 Å². The Morgan fingerprint density at radius 1 is 1.06 bits per heavy atom. The summed E-state index contributed by atoms with van der Waals surface area (Å²) in [6, 6.07) is 14.1. The molecule has 0 nitrogen and oxygen atoms in total. The molecular formula is C15H13BrCl2. The molecule has 2 aromatic rings. The molecule has 0 fully saturated rings. The quantitative estimate of drug-likeness (QED) is 0.601. The van der Waals surface area contributed by atoms with Crippen molar-refractivity contribution in [3.05, 3.63) is 69.2 Å². The van der Waals surface area contributed by atoms with E-state index in [1.165, 1.54) is 11.1 Å². The minimum absolute atomic E-state index is 0.173. The predicted octanol–water partition coefficient (Wildman–Crippen LogP) is 5.98. The Labute approximate surface area is 126 Å². The third kappa shape index (κ3) is 3.50. The monoisotopic (exact) mass is 342 g/mol. The number of aryl methyl sites for hydroxylation is 1. The average molecular weight is 344 g/mol. The molecule has 0 aliphatic carbocycles. The third-order valence-corrected chi connectivity index (χ3v) is 4.23.